The van der Waals surface area contributed by atoms with Crippen molar-refractivity contribution in [3.05, 3.63) is 77.2 Å². The smallest absolute Gasteiger partial charge is 0.410 e. The number of thioether (sulfide) groups is 1. The van der Waals surface area contributed by atoms with Gasteiger partial charge in [0.2, 0.25) is 0 Å². The van der Waals surface area contributed by atoms with E-state index >= 15 is 0 Å². The molecular weight excluding hydrogens is 497 g/mol. The fraction of sp³-hybridized carbons (Fsp3) is 0.192. The van der Waals surface area contributed by atoms with Gasteiger partial charge in [0.05, 0.1) is 23.0 Å². The molecule has 0 saturated carbocycles. The minimum absolute atomic E-state index is 0.223. The van der Waals surface area contributed by atoms with Crippen LogP contribution in [0.3, 0.4) is 0 Å². The van der Waals surface area contributed by atoms with Gasteiger partial charge in [-0.2, -0.15) is 0 Å². The molecule has 2 saturated heterocycles. The number of halogens is 1. The Balaban J connectivity index is 1.31. The number of benzene rings is 2. The first-order valence-corrected chi connectivity index (χ1v) is 12.4. The summed E-state index contributed by atoms with van der Waals surface area (Å²) in [5.41, 5.74) is 1.11. The van der Waals surface area contributed by atoms with Crippen molar-refractivity contribution >= 4 is 40.9 Å². The second-order valence-electron chi connectivity index (χ2n) is 8.36. The number of nitrogens with one attached hydrogen (secondary N) is 1. The summed E-state index contributed by atoms with van der Waals surface area (Å²) in [7, 11) is 0. The largest absolute Gasteiger partial charge is 0.415 e. The van der Waals surface area contributed by atoms with E-state index in [2.05, 4.69) is 15.3 Å². The Labute approximate surface area is 216 Å². The van der Waals surface area contributed by atoms with E-state index < -0.39 is 23.1 Å². The van der Waals surface area contributed by atoms with Crippen LogP contribution in [0.5, 0.6) is 5.75 Å². The molecule has 0 bridgehead atoms. The molecule has 0 radical (unpaired) electrons. The predicted molar refractivity (Wildman–Crippen MR) is 137 cm³/mol. The second kappa shape index (κ2) is 10.8. The number of hydrogen-bond donors (Lipinski definition) is 1. The van der Waals surface area contributed by atoms with Crippen LogP contribution in [-0.2, 0) is 4.79 Å². The molecule has 188 valence electrons. The number of carbonyl (C=O) groups excluding carboxylic acids is 3. The van der Waals surface area contributed by atoms with Crippen molar-refractivity contribution in [1.82, 2.24) is 20.2 Å². The first kappa shape index (κ1) is 24.4. The number of para-hydroxylation sites is 1. The monoisotopic (exact) mass is 519 g/mol. The van der Waals surface area contributed by atoms with Gasteiger partial charge >= 0.3 is 6.09 Å². The zero-order valence-corrected chi connectivity index (χ0v) is 20.4. The molecule has 0 spiro atoms. The van der Waals surface area contributed by atoms with E-state index in [4.69, 9.17) is 4.74 Å². The highest BCUT2D eigenvalue weighted by Gasteiger charge is 2.25. The van der Waals surface area contributed by atoms with Crippen molar-refractivity contribution in [2.24, 2.45) is 0 Å². The lowest BCUT2D eigenvalue weighted by Gasteiger charge is -2.22. The van der Waals surface area contributed by atoms with Crippen molar-refractivity contribution in [2.45, 2.75) is 6.42 Å². The fourth-order valence-electron chi connectivity index (χ4n) is 4.02. The van der Waals surface area contributed by atoms with Gasteiger partial charge in [-0.25, -0.2) is 14.2 Å². The number of imide groups is 1. The Kier molecular flexibility index (Phi) is 7.13. The van der Waals surface area contributed by atoms with Crippen LogP contribution in [0.2, 0.25) is 0 Å². The normalized spacial score (nSPS) is 17.1. The standard InChI is InChI=1S/C26H22FN5O4S/c27-20-8-7-17(14-22-24(33)30-25(34)37-22)13-19(20)21-15-28-16-23(29-21)31-9-4-10-32(12-11-31)26(35)36-18-5-2-1-3-6-18/h1-3,5-8,13-16H,4,9-12H2,(H,30,33,34)/b22-14+. The molecule has 2 fully saturated rings. The van der Waals surface area contributed by atoms with E-state index in [9.17, 15) is 18.8 Å². The molecule has 3 aromatic rings. The molecule has 5 rings (SSSR count). The number of aromatic nitrogens is 2. The van der Waals surface area contributed by atoms with Crippen LogP contribution in [-0.4, -0.2) is 58.3 Å². The fourth-order valence-corrected chi connectivity index (χ4v) is 4.70. The zero-order valence-electron chi connectivity index (χ0n) is 19.6. The van der Waals surface area contributed by atoms with Gasteiger partial charge in [0.1, 0.15) is 17.4 Å². The van der Waals surface area contributed by atoms with Crippen LogP contribution in [0.4, 0.5) is 19.8 Å². The third-order valence-corrected chi connectivity index (χ3v) is 6.67. The summed E-state index contributed by atoms with van der Waals surface area (Å²) in [6, 6.07) is 13.3. The Hall–Kier alpha value is -4.25. The molecule has 37 heavy (non-hydrogen) atoms. The third-order valence-electron chi connectivity index (χ3n) is 5.85. The average Bonchev–Trinajstić information content (AvgIpc) is 3.08. The van der Waals surface area contributed by atoms with Gasteiger partial charge in [-0.05, 0) is 54.1 Å². The summed E-state index contributed by atoms with van der Waals surface area (Å²) in [5.74, 6) is 0.0884. The van der Waals surface area contributed by atoms with Gasteiger partial charge in [0.15, 0.2) is 0 Å². The lowest BCUT2D eigenvalue weighted by molar-refractivity contribution is -0.115. The Morgan fingerprint density at radius 3 is 2.68 bits per heavy atom. The van der Waals surface area contributed by atoms with E-state index in [0.29, 0.717) is 55.4 Å². The molecule has 0 atom stereocenters. The summed E-state index contributed by atoms with van der Waals surface area (Å²) in [6.07, 6.45) is 4.91. The maximum Gasteiger partial charge on any atom is 0.415 e. The van der Waals surface area contributed by atoms with E-state index in [0.717, 1.165) is 11.8 Å². The molecule has 3 heterocycles. The molecule has 1 N–H and O–H groups in total. The highest BCUT2D eigenvalue weighted by atomic mass is 32.2. The number of hydrogen-bond acceptors (Lipinski definition) is 8. The molecule has 9 nitrogen and oxygen atoms in total. The summed E-state index contributed by atoms with van der Waals surface area (Å²) in [4.78, 5) is 48.7. The molecule has 2 aromatic carbocycles. The molecule has 3 amide bonds. The first-order chi connectivity index (χ1) is 18.0. The minimum atomic E-state index is -0.487. The number of amides is 3. The van der Waals surface area contributed by atoms with Crippen LogP contribution in [0, 0.1) is 5.82 Å². The second-order valence-corrected chi connectivity index (χ2v) is 9.38. The number of rotatable bonds is 4. The molecule has 11 heteroatoms. The summed E-state index contributed by atoms with van der Waals surface area (Å²) >= 11 is 0.796. The molecular formula is C26H22FN5O4S. The van der Waals surface area contributed by atoms with Crippen molar-refractivity contribution in [3.63, 3.8) is 0 Å². The van der Waals surface area contributed by atoms with E-state index in [1.807, 2.05) is 11.0 Å². The molecule has 0 unspecified atom stereocenters. The maximum atomic E-state index is 14.8. The van der Waals surface area contributed by atoms with Crippen molar-refractivity contribution in [3.8, 4) is 17.0 Å². The van der Waals surface area contributed by atoms with Crippen molar-refractivity contribution in [2.75, 3.05) is 31.1 Å². The Bertz CT molecular complexity index is 1380. The number of anilines is 1. The average molecular weight is 520 g/mol. The van der Waals surface area contributed by atoms with Gasteiger partial charge in [0, 0.05) is 31.7 Å². The SMILES string of the molecule is O=C1NC(=O)/C(=C\c2ccc(F)c(-c3cncc(N4CCCN(C(=O)Oc5ccccc5)CC4)n3)c2)S1. The first-order valence-electron chi connectivity index (χ1n) is 11.6. The highest BCUT2D eigenvalue weighted by molar-refractivity contribution is 8.18. The van der Waals surface area contributed by atoms with Gasteiger partial charge in [-0.3, -0.25) is 19.9 Å². The number of carbonyl (C=O) groups is 3. The van der Waals surface area contributed by atoms with Crippen molar-refractivity contribution < 1.29 is 23.5 Å². The van der Waals surface area contributed by atoms with E-state index in [1.165, 1.54) is 24.4 Å². The summed E-state index contributed by atoms with van der Waals surface area (Å²) in [6.45, 7) is 2.13. The quantitative estimate of drug-likeness (QED) is 0.509. The molecule has 2 aliphatic rings. The summed E-state index contributed by atoms with van der Waals surface area (Å²) < 4.78 is 20.2. The van der Waals surface area contributed by atoms with E-state index in [-0.39, 0.29) is 10.5 Å². The minimum Gasteiger partial charge on any atom is -0.410 e. The van der Waals surface area contributed by atoms with Crippen LogP contribution in [0.25, 0.3) is 17.3 Å². The molecule has 0 aliphatic carbocycles. The summed E-state index contributed by atoms with van der Waals surface area (Å²) in [5, 5.41) is 1.76. The van der Waals surface area contributed by atoms with Crippen molar-refractivity contribution in [1.29, 1.82) is 0 Å². The van der Waals surface area contributed by atoms with Gasteiger partial charge in [0.25, 0.3) is 11.1 Å². The molecule has 2 aliphatic heterocycles. The lowest BCUT2D eigenvalue weighted by atomic mass is 10.1. The number of nitrogens with zero attached hydrogens (tertiary/aromatic N) is 4. The topological polar surface area (TPSA) is 105 Å². The van der Waals surface area contributed by atoms with Crippen LogP contribution in [0.15, 0.2) is 65.8 Å². The van der Waals surface area contributed by atoms with E-state index in [1.54, 1.807) is 41.4 Å². The van der Waals surface area contributed by atoms with Gasteiger partial charge in [-0.15, -0.1) is 0 Å². The Morgan fingerprint density at radius 1 is 1.05 bits per heavy atom. The van der Waals surface area contributed by atoms with Crippen LogP contribution in [0.1, 0.15) is 12.0 Å². The molecule has 1 aromatic heterocycles. The highest BCUT2D eigenvalue weighted by Crippen LogP contribution is 2.29. The van der Waals surface area contributed by atoms with Crippen LogP contribution < -0.4 is 15.0 Å². The van der Waals surface area contributed by atoms with Gasteiger partial charge in [-0.1, -0.05) is 24.3 Å². The zero-order chi connectivity index (χ0) is 25.8. The maximum absolute atomic E-state index is 14.8. The predicted octanol–water partition coefficient (Wildman–Crippen LogP) is 4.32. The van der Waals surface area contributed by atoms with Crippen LogP contribution >= 0.6 is 11.8 Å². The Morgan fingerprint density at radius 2 is 1.89 bits per heavy atom. The third kappa shape index (κ3) is 5.78. The van der Waals surface area contributed by atoms with Gasteiger partial charge < -0.3 is 14.5 Å². The number of ether oxygens (including phenoxy) is 1. The lowest BCUT2D eigenvalue weighted by Crippen LogP contribution is -2.37.